The second-order valence-electron chi connectivity index (χ2n) is 4.57. The zero-order valence-electron chi connectivity index (χ0n) is 10.0. The van der Waals surface area contributed by atoms with Crippen molar-refractivity contribution in [1.82, 2.24) is 15.1 Å². The van der Waals surface area contributed by atoms with Crippen LogP contribution in [0.2, 0.25) is 0 Å². The lowest BCUT2D eigenvalue weighted by Crippen LogP contribution is -2.43. The molecule has 0 spiro atoms. The number of hydrogen-bond acceptors (Lipinski definition) is 2. The van der Waals surface area contributed by atoms with Gasteiger partial charge in [-0.3, -0.25) is 0 Å². The molecular weight excluding hydrogens is 235 g/mol. The molecule has 1 N–H and O–H groups in total. The summed E-state index contributed by atoms with van der Waals surface area (Å²) >= 11 is 0. The molecule has 7 heteroatoms. The number of carbonyl (C=O) groups is 1. The molecule has 1 aliphatic heterocycles. The van der Waals surface area contributed by atoms with Crippen LogP contribution in [0.5, 0.6) is 0 Å². The van der Waals surface area contributed by atoms with Crippen LogP contribution in [-0.2, 0) is 0 Å². The van der Waals surface area contributed by atoms with Gasteiger partial charge in [0.05, 0.1) is 0 Å². The van der Waals surface area contributed by atoms with Crippen LogP contribution in [0.15, 0.2) is 0 Å². The Labute approximate surface area is 98.7 Å². The van der Waals surface area contributed by atoms with Crippen molar-refractivity contribution in [3.05, 3.63) is 0 Å². The average molecular weight is 253 g/mol. The van der Waals surface area contributed by atoms with E-state index in [1.165, 1.54) is 11.9 Å². The van der Waals surface area contributed by atoms with Gasteiger partial charge in [0.25, 0.3) is 0 Å². The fourth-order valence-electron chi connectivity index (χ4n) is 1.96. The van der Waals surface area contributed by atoms with Crippen LogP contribution in [0.3, 0.4) is 0 Å². The van der Waals surface area contributed by atoms with Gasteiger partial charge in [0.1, 0.15) is 6.54 Å². The van der Waals surface area contributed by atoms with Crippen LogP contribution in [0.25, 0.3) is 0 Å². The van der Waals surface area contributed by atoms with E-state index in [0.717, 1.165) is 19.5 Å². The monoisotopic (exact) mass is 253 g/mol. The highest BCUT2D eigenvalue weighted by atomic mass is 19.4. The van der Waals surface area contributed by atoms with Gasteiger partial charge in [-0.15, -0.1) is 0 Å². The van der Waals surface area contributed by atoms with E-state index in [4.69, 9.17) is 0 Å². The van der Waals surface area contributed by atoms with E-state index in [9.17, 15) is 18.0 Å². The molecule has 0 aromatic rings. The zero-order valence-corrected chi connectivity index (χ0v) is 10.0. The van der Waals surface area contributed by atoms with Gasteiger partial charge in [0, 0.05) is 20.1 Å². The molecule has 0 aromatic heterocycles. The Morgan fingerprint density at radius 1 is 1.53 bits per heavy atom. The summed E-state index contributed by atoms with van der Waals surface area (Å²) in [5, 5.41) is 1.86. The van der Waals surface area contributed by atoms with Crippen LogP contribution in [0.4, 0.5) is 18.0 Å². The molecule has 1 atom stereocenters. The van der Waals surface area contributed by atoms with Gasteiger partial charge in [-0.1, -0.05) is 0 Å². The zero-order chi connectivity index (χ0) is 13.1. The van der Waals surface area contributed by atoms with Gasteiger partial charge >= 0.3 is 12.2 Å². The molecule has 4 nitrogen and oxygen atoms in total. The van der Waals surface area contributed by atoms with E-state index >= 15 is 0 Å². The smallest absolute Gasteiger partial charge is 0.329 e. The molecular formula is C10H18F3N3O. The lowest BCUT2D eigenvalue weighted by Gasteiger charge is -2.22. The Kier molecular flexibility index (Phi) is 4.62. The highest BCUT2D eigenvalue weighted by Gasteiger charge is 2.29. The maximum absolute atomic E-state index is 11.9. The number of urea groups is 1. The SMILES string of the molecule is CN1CCC(CN(C)C(=O)NCC(F)(F)F)C1. The Morgan fingerprint density at radius 2 is 2.18 bits per heavy atom. The molecule has 0 saturated carbocycles. The molecule has 1 rings (SSSR count). The molecule has 1 fully saturated rings. The van der Waals surface area contributed by atoms with Crippen molar-refractivity contribution in [2.45, 2.75) is 12.6 Å². The Bertz CT molecular complexity index is 270. The van der Waals surface area contributed by atoms with Crippen LogP contribution >= 0.6 is 0 Å². The van der Waals surface area contributed by atoms with Crippen LogP contribution in [0.1, 0.15) is 6.42 Å². The Balaban J connectivity index is 2.27. The summed E-state index contributed by atoms with van der Waals surface area (Å²) in [6.45, 7) is 1.08. The van der Waals surface area contributed by atoms with Crippen molar-refractivity contribution >= 4 is 6.03 Å². The highest BCUT2D eigenvalue weighted by Crippen LogP contribution is 2.15. The van der Waals surface area contributed by atoms with Crippen molar-refractivity contribution in [1.29, 1.82) is 0 Å². The minimum atomic E-state index is -4.36. The molecule has 0 bridgehead atoms. The normalized spacial score (nSPS) is 21.6. The molecule has 0 radical (unpaired) electrons. The molecule has 2 amide bonds. The predicted molar refractivity (Wildman–Crippen MR) is 57.7 cm³/mol. The van der Waals surface area contributed by atoms with Crippen LogP contribution < -0.4 is 5.32 Å². The summed E-state index contributed by atoms with van der Waals surface area (Å²) in [5.74, 6) is 0.349. The third-order valence-corrected chi connectivity index (χ3v) is 2.81. The summed E-state index contributed by atoms with van der Waals surface area (Å²) in [5.41, 5.74) is 0. The molecule has 100 valence electrons. The van der Waals surface area contributed by atoms with E-state index in [1.54, 1.807) is 0 Å². The number of amides is 2. The minimum absolute atomic E-state index is 0.349. The molecule has 1 saturated heterocycles. The van der Waals surface area contributed by atoms with E-state index in [2.05, 4.69) is 4.90 Å². The van der Waals surface area contributed by atoms with Gasteiger partial charge in [-0.25, -0.2) is 4.79 Å². The number of hydrogen-bond donors (Lipinski definition) is 1. The van der Waals surface area contributed by atoms with E-state index in [1.807, 2.05) is 12.4 Å². The van der Waals surface area contributed by atoms with Crippen molar-refractivity contribution in [3.8, 4) is 0 Å². The number of likely N-dealkylation sites (tertiary alicyclic amines) is 1. The largest absolute Gasteiger partial charge is 0.405 e. The number of alkyl halides is 3. The van der Waals surface area contributed by atoms with Gasteiger partial charge in [-0.05, 0) is 25.9 Å². The molecule has 0 aliphatic carbocycles. The fraction of sp³-hybridized carbons (Fsp3) is 0.900. The fourth-order valence-corrected chi connectivity index (χ4v) is 1.96. The lowest BCUT2D eigenvalue weighted by atomic mass is 10.1. The first kappa shape index (κ1) is 14.1. The van der Waals surface area contributed by atoms with Crippen molar-refractivity contribution < 1.29 is 18.0 Å². The number of rotatable bonds is 3. The number of nitrogens with zero attached hydrogens (tertiary/aromatic N) is 2. The highest BCUT2D eigenvalue weighted by molar-refractivity contribution is 5.73. The second-order valence-corrected chi connectivity index (χ2v) is 4.57. The molecule has 17 heavy (non-hydrogen) atoms. The maximum atomic E-state index is 11.9. The average Bonchev–Trinajstić information content (AvgIpc) is 2.59. The van der Waals surface area contributed by atoms with Gasteiger partial charge in [0.15, 0.2) is 0 Å². The van der Waals surface area contributed by atoms with E-state index < -0.39 is 18.8 Å². The quantitative estimate of drug-likeness (QED) is 0.818. The number of carbonyl (C=O) groups excluding carboxylic acids is 1. The summed E-state index contributed by atoms with van der Waals surface area (Å²) < 4.78 is 35.7. The van der Waals surface area contributed by atoms with E-state index in [0.29, 0.717) is 12.5 Å². The van der Waals surface area contributed by atoms with Crippen molar-refractivity contribution in [3.63, 3.8) is 0 Å². The topological polar surface area (TPSA) is 35.6 Å². The first-order chi connectivity index (χ1) is 7.78. The maximum Gasteiger partial charge on any atom is 0.405 e. The first-order valence-corrected chi connectivity index (χ1v) is 5.52. The van der Waals surface area contributed by atoms with Crippen molar-refractivity contribution in [2.24, 2.45) is 5.92 Å². The standard InChI is InChI=1S/C10H18F3N3O/c1-15-4-3-8(5-15)6-16(2)9(17)14-7-10(11,12)13/h8H,3-7H2,1-2H3,(H,14,17). The Hall–Kier alpha value is -0.980. The van der Waals surface area contributed by atoms with Gasteiger partial charge < -0.3 is 15.1 Å². The lowest BCUT2D eigenvalue weighted by molar-refractivity contribution is -0.123. The third-order valence-electron chi connectivity index (χ3n) is 2.81. The summed E-state index contributed by atoms with van der Waals surface area (Å²) in [4.78, 5) is 14.8. The summed E-state index contributed by atoms with van der Waals surface area (Å²) in [6.07, 6.45) is -3.38. The minimum Gasteiger partial charge on any atom is -0.329 e. The van der Waals surface area contributed by atoms with Crippen LogP contribution in [-0.4, -0.2) is 62.3 Å². The number of halogens is 3. The van der Waals surface area contributed by atoms with Crippen molar-refractivity contribution in [2.75, 3.05) is 40.3 Å². The van der Waals surface area contributed by atoms with Gasteiger partial charge in [0.2, 0.25) is 0 Å². The number of nitrogens with one attached hydrogen (secondary N) is 1. The van der Waals surface area contributed by atoms with Gasteiger partial charge in [-0.2, -0.15) is 13.2 Å². The molecule has 1 aliphatic rings. The third kappa shape index (κ3) is 5.25. The molecule has 1 unspecified atom stereocenters. The second kappa shape index (κ2) is 5.57. The summed E-state index contributed by atoms with van der Waals surface area (Å²) in [7, 11) is 3.51. The predicted octanol–water partition coefficient (Wildman–Crippen LogP) is 1.14. The van der Waals surface area contributed by atoms with E-state index in [-0.39, 0.29) is 0 Å². The summed E-state index contributed by atoms with van der Waals surface area (Å²) in [6, 6.07) is -0.670. The first-order valence-electron chi connectivity index (χ1n) is 5.52. The Morgan fingerprint density at radius 3 is 2.65 bits per heavy atom. The molecule has 0 aromatic carbocycles. The molecule has 1 heterocycles. The van der Waals surface area contributed by atoms with Crippen LogP contribution in [0, 0.1) is 5.92 Å².